The molecule has 0 bridgehead atoms. The van der Waals surface area contributed by atoms with Gasteiger partial charge < -0.3 is 4.74 Å². The van der Waals surface area contributed by atoms with Crippen molar-refractivity contribution in [3.63, 3.8) is 0 Å². The van der Waals surface area contributed by atoms with Crippen LogP contribution < -0.4 is 0 Å². The lowest BCUT2D eigenvalue weighted by atomic mass is 9.89. The van der Waals surface area contributed by atoms with E-state index in [4.69, 9.17) is 0 Å². The number of carbonyl (C=O) groups excluding carboxylic acids is 1. The van der Waals surface area contributed by atoms with Crippen LogP contribution in [0.15, 0.2) is 12.2 Å². The Kier molecular flexibility index (Phi) is 7.41. The van der Waals surface area contributed by atoms with Gasteiger partial charge in [-0.3, -0.25) is 0 Å². The third kappa shape index (κ3) is 4.01. The largest absolute Gasteiger partial charge is 0.421 e. The van der Waals surface area contributed by atoms with E-state index < -0.39 is 66.0 Å². The minimum absolute atomic E-state index is 0.557. The smallest absolute Gasteiger partial charge is 0.385 e. The number of rotatable bonds is 10. The molecule has 31 heavy (non-hydrogen) atoms. The van der Waals surface area contributed by atoms with Crippen LogP contribution in [-0.4, -0.2) is 60.5 Å². The second-order valence-corrected chi connectivity index (χ2v) is 5.83. The monoisotopic (exact) mass is 500 g/mol. The Morgan fingerprint density at radius 2 is 1.06 bits per heavy atom. The zero-order valence-electron chi connectivity index (χ0n) is 14.4. The second kappa shape index (κ2) is 7.90. The van der Waals surface area contributed by atoms with Gasteiger partial charge in [-0.25, -0.2) is 9.18 Å². The van der Waals surface area contributed by atoms with Crippen LogP contribution in [0.3, 0.4) is 0 Å². The van der Waals surface area contributed by atoms with Crippen LogP contribution in [0.4, 0.5) is 70.2 Å². The van der Waals surface area contributed by atoms with Gasteiger partial charge in [0.15, 0.2) is 6.67 Å². The molecule has 18 heteroatoms. The van der Waals surface area contributed by atoms with Gasteiger partial charge in [-0.05, 0) is 6.92 Å². The predicted molar refractivity (Wildman–Crippen MR) is 66.4 cm³/mol. The molecule has 1 atom stereocenters. The maximum absolute atomic E-state index is 13.4. The Morgan fingerprint density at radius 1 is 0.742 bits per heavy atom. The lowest BCUT2D eigenvalue weighted by molar-refractivity contribution is -0.448. The van der Waals surface area contributed by atoms with Crippen molar-refractivity contribution >= 4 is 5.97 Å². The Balaban J connectivity index is 6.53. The highest BCUT2D eigenvalue weighted by atomic mass is 19.4. The number of ether oxygens (including phenoxy) is 1. The van der Waals surface area contributed by atoms with Crippen molar-refractivity contribution in [3.8, 4) is 0 Å². The minimum atomic E-state index is -8.48. The summed E-state index contributed by atoms with van der Waals surface area (Å²) in [4.78, 5) is 10.8. The first-order valence-corrected chi connectivity index (χ1v) is 7.02. The summed E-state index contributed by atoms with van der Waals surface area (Å²) in [7, 11) is 0. The van der Waals surface area contributed by atoms with Gasteiger partial charge in [-0.1, -0.05) is 6.58 Å². The van der Waals surface area contributed by atoms with Crippen molar-refractivity contribution in [2.24, 2.45) is 0 Å². The van der Waals surface area contributed by atoms with Crippen molar-refractivity contribution in [2.75, 3.05) is 6.67 Å². The van der Waals surface area contributed by atoms with E-state index in [1.54, 1.807) is 0 Å². The molecule has 0 aliphatic rings. The molecule has 0 aromatic rings. The summed E-state index contributed by atoms with van der Waals surface area (Å²) in [5.74, 6) is -57.6. The van der Waals surface area contributed by atoms with E-state index >= 15 is 0 Å². The zero-order chi connectivity index (χ0) is 25.6. The number of hydrogen-bond donors (Lipinski definition) is 0. The quantitative estimate of drug-likeness (QED) is 0.215. The van der Waals surface area contributed by atoms with Gasteiger partial charge in [0, 0.05) is 5.57 Å². The van der Waals surface area contributed by atoms with Crippen LogP contribution in [0.5, 0.6) is 0 Å². The molecule has 0 aromatic heterocycles. The highest BCUT2D eigenvalue weighted by molar-refractivity contribution is 5.87. The van der Waals surface area contributed by atoms with Gasteiger partial charge in [-0.15, -0.1) is 0 Å². The molecular weight excluding hydrogens is 492 g/mol. The van der Waals surface area contributed by atoms with E-state index in [0.29, 0.717) is 6.92 Å². The Labute approximate surface area is 160 Å². The van der Waals surface area contributed by atoms with Crippen LogP contribution in [0.2, 0.25) is 0 Å². The zero-order valence-corrected chi connectivity index (χ0v) is 14.4. The molecule has 0 N–H and O–H groups in total. The second-order valence-electron chi connectivity index (χ2n) is 5.83. The maximum Gasteiger partial charge on any atom is 0.385 e. The molecule has 0 saturated heterocycles. The Morgan fingerprint density at radius 3 is 1.39 bits per heavy atom. The lowest BCUT2D eigenvalue weighted by Gasteiger charge is -2.42. The average molecular weight is 500 g/mol. The molecule has 0 fully saturated rings. The maximum atomic E-state index is 13.4. The van der Waals surface area contributed by atoms with Gasteiger partial charge in [0.05, 0.1) is 0 Å². The molecule has 0 radical (unpaired) electrons. The number of hydrogen-bond acceptors (Lipinski definition) is 2. The third-order valence-electron chi connectivity index (χ3n) is 3.47. The molecule has 2 nitrogen and oxygen atoms in total. The van der Waals surface area contributed by atoms with Crippen LogP contribution in [-0.2, 0) is 9.53 Å². The number of esters is 1. The fourth-order valence-electron chi connectivity index (χ4n) is 1.53. The van der Waals surface area contributed by atoms with Gasteiger partial charge in [0.2, 0.25) is 0 Å². The van der Waals surface area contributed by atoms with E-state index in [1.807, 2.05) is 0 Å². The molecule has 0 aliphatic carbocycles. The van der Waals surface area contributed by atoms with Crippen molar-refractivity contribution < 1.29 is 79.8 Å². The topological polar surface area (TPSA) is 26.3 Å². The molecule has 1 unspecified atom stereocenters. The van der Waals surface area contributed by atoms with Crippen LogP contribution >= 0.6 is 0 Å². The van der Waals surface area contributed by atoms with Gasteiger partial charge >= 0.3 is 53.8 Å². The molecule has 0 aromatic carbocycles. The lowest BCUT2D eigenvalue weighted by Crippen LogP contribution is -2.74. The summed E-state index contributed by atoms with van der Waals surface area (Å²) in [5, 5.41) is 0. The highest BCUT2D eigenvalue weighted by Gasteiger charge is 2.93. The highest BCUT2D eigenvalue weighted by Crippen LogP contribution is 2.62. The third-order valence-corrected chi connectivity index (χ3v) is 3.47. The predicted octanol–water partition coefficient (Wildman–Crippen LogP) is 5.82. The summed E-state index contributed by atoms with van der Waals surface area (Å²) >= 11 is 0. The van der Waals surface area contributed by atoms with Crippen molar-refractivity contribution in [2.45, 2.75) is 54.7 Å². The number of alkyl halides is 16. The molecule has 184 valence electrons. The number of carbonyl (C=O) groups is 1. The molecule has 0 amide bonds. The van der Waals surface area contributed by atoms with E-state index in [1.165, 1.54) is 0 Å². The van der Waals surface area contributed by atoms with E-state index in [9.17, 15) is 75.0 Å². The van der Waals surface area contributed by atoms with Crippen molar-refractivity contribution in [1.82, 2.24) is 0 Å². The van der Waals surface area contributed by atoms with Gasteiger partial charge in [0.1, 0.15) is 0 Å². The van der Waals surface area contributed by atoms with Crippen LogP contribution in [0.25, 0.3) is 0 Å². The van der Waals surface area contributed by atoms with Gasteiger partial charge in [-0.2, -0.15) is 65.9 Å². The van der Waals surface area contributed by atoms with Gasteiger partial charge in [0.25, 0.3) is 0 Å². The molecule has 0 rings (SSSR count). The summed E-state index contributed by atoms with van der Waals surface area (Å²) in [6.45, 7) is -0.733. The normalized spacial score (nSPS) is 16.2. The fourth-order valence-corrected chi connectivity index (χ4v) is 1.53. The fraction of sp³-hybridized carbons (Fsp3) is 0.769. The number of halogens is 16. The van der Waals surface area contributed by atoms with Crippen molar-refractivity contribution in [3.05, 3.63) is 12.2 Å². The van der Waals surface area contributed by atoms with E-state index in [2.05, 4.69) is 11.3 Å². The standard InChI is InChI=1S/C13H8F16O2/c1-4(2)5(30)31-6(15)8(18,19)10(22,23)12(26,27)13(28,29)11(24,25)9(20,21)7(16,17)3-14/h6H,1,3H2,2H3. The minimum Gasteiger partial charge on any atom is -0.421 e. The van der Waals surface area contributed by atoms with Crippen LogP contribution in [0, 0.1) is 0 Å². The first-order chi connectivity index (χ1) is 13.3. The molecule has 0 saturated carbocycles. The Hall–Kier alpha value is -1.91. The first-order valence-electron chi connectivity index (χ1n) is 7.02. The average Bonchev–Trinajstić information content (AvgIpc) is 2.60. The molecule has 0 spiro atoms. The molecular formula is C13H8F16O2. The van der Waals surface area contributed by atoms with Crippen molar-refractivity contribution in [1.29, 1.82) is 0 Å². The summed E-state index contributed by atoms with van der Waals surface area (Å²) in [6, 6.07) is 0. The summed E-state index contributed by atoms with van der Waals surface area (Å²) in [5.41, 5.74) is -1.04. The van der Waals surface area contributed by atoms with E-state index in [-0.39, 0.29) is 0 Å². The summed E-state index contributed by atoms with van der Waals surface area (Å²) < 4.78 is 212. The Bertz CT molecular complexity index is 698. The molecule has 0 aliphatic heterocycles. The van der Waals surface area contributed by atoms with Crippen LogP contribution in [0.1, 0.15) is 6.92 Å². The first kappa shape index (κ1) is 29.1. The van der Waals surface area contributed by atoms with E-state index in [0.717, 1.165) is 0 Å². The molecule has 0 heterocycles. The summed E-state index contributed by atoms with van der Waals surface area (Å²) in [6.07, 6.45) is -5.27. The SMILES string of the molecule is C=C(C)C(=O)OC(F)C(F)(F)C(F)(F)C(F)(F)C(F)(F)C(F)(F)C(F)(F)C(F)(F)CF.